The quantitative estimate of drug-likeness (QED) is 0.298. The number of rotatable bonds is 11. The summed E-state index contributed by atoms with van der Waals surface area (Å²) in [7, 11) is 0. The van der Waals surface area contributed by atoms with E-state index in [0.717, 1.165) is 6.92 Å². The minimum Gasteiger partial charge on any atom is -0.476 e. The fourth-order valence-electron chi connectivity index (χ4n) is 3.11. The normalized spacial score (nSPS) is 13.5. The van der Waals surface area contributed by atoms with Crippen LogP contribution in [0.3, 0.4) is 0 Å². The van der Waals surface area contributed by atoms with E-state index in [2.05, 4.69) is 5.10 Å². The van der Waals surface area contributed by atoms with Crippen molar-refractivity contribution in [3.63, 3.8) is 0 Å². The number of ether oxygens (including phenoxy) is 1. The van der Waals surface area contributed by atoms with Crippen molar-refractivity contribution >= 4 is 10.8 Å². The largest absolute Gasteiger partial charge is 0.476 e. The number of fused-ring (bicyclic) bond motifs is 1. The van der Waals surface area contributed by atoms with Crippen LogP contribution in [0.5, 0.6) is 5.88 Å². The van der Waals surface area contributed by atoms with E-state index in [1.807, 2.05) is 0 Å². The van der Waals surface area contributed by atoms with Crippen molar-refractivity contribution in [2.45, 2.75) is 70.8 Å². The van der Waals surface area contributed by atoms with Gasteiger partial charge in [-0.05, 0) is 44.2 Å². The smallest absolute Gasteiger partial charge is 0.391 e. The molecule has 1 aromatic heterocycles. The first-order chi connectivity index (χ1) is 14.5. The van der Waals surface area contributed by atoms with Gasteiger partial charge in [-0.1, -0.05) is 25.5 Å². The molecule has 174 valence electrons. The molecular weight excluding hydrogens is 426 g/mol. The molecule has 4 nitrogen and oxygen atoms in total. The van der Waals surface area contributed by atoms with Gasteiger partial charge in [0, 0.05) is 13.0 Å². The molecule has 0 N–H and O–H groups in total. The maximum atomic E-state index is 12.6. The lowest BCUT2D eigenvalue weighted by molar-refractivity contribution is -0.171. The van der Waals surface area contributed by atoms with Crippen LogP contribution in [-0.4, -0.2) is 28.7 Å². The van der Waals surface area contributed by atoms with Crippen molar-refractivity contribution in [2.75, 3.05) is 6.61 Å². The molecule has 0 saturated carbocycles. The zero-order chi connectivity index (χ0) is 23.1. The molecule has 2 aromatic rings. The topological polar surface area (TPSA) is 44.1 Å². The molecule has 10 heteroatoms. The first-order valence-electron chi connectivity index (χ1n) is 10.2. The number of halogens is 6. The van der Waals surface area contributed by atoms with Crippen LogP contribution in [0.25, 0.3) is 10.8 Å². The number of hydrogen-bond donors (Lipinski definition) is 0. The molecule has 1 heterocycles. The fourth-order valence-corrected chi connectivity index (χ4v) is 3.11. The van der Waals surface area contributed by atoms with Gasteiger partial charge >= 0.3 is 12.4 Å². The summed E-state index contributed by atoms with van der Waals surface area (Å²) >= 11 is 0. The fraction of sp³-hybridized carbons (Fsp3) is 0.619. The van der Waals surface area contributed by atoms with Crippen LogP contribution in [0.1, 0.15) is 51.9 Å². The maximum absolute atomic E-state index is 12.6. The molecule has 1 unspecified atom stereocenters. The average molecular weight is 452 g/mol. The molecule has 0 bridgehead atoms. The molecule has 1 aromatic carbocycles. The van der Waals surface area contributed by atoms with Crippen LogP contribution in [0, 0.1) is 5.92 Å². The Morgan fingerprint density at radius 3 is 2.29 bits per heavy atom. The molecule has 1 atom stereocenters. The summed E-state index contributed by atoms with van der Waals surface area (Å²) < 4.78 is 81.2. The highest BCUT2D eigenvalue weighted by atomic mass is 19.4. The molecule has 0 fully saturated rings. The van der Waals surface area contributed by atoms with Crippen LogP contribution in [0.15, 0.2) is 29.1 Å². The minimum absolute atomic E-state index is 0.00153. The number of aryl methyl sites for hydroxylation is 1. The summed E-state index contributed by atoms with van der Waals surface area (Å²) in [6.45, 7) is 1.44. The van der Waals surface area contributed by atoms with Gasteiger partial charge in [0.1, 0.15) is 0 Å². The number of nitrogens with zero attached hydrogens (tertiary/aromatic N) is 2. The Kier molecular flexibility index (Phi) is 8.76. The third-order valence-electron chi connectivity index (χ3n) is 4.99. The number of alkyl halides is 6. The van der Waals surface area contributed by atoms with Crippen LogP contribution < -0.4 is 10.3 Å². The molecule has 0 saturated heterocycles. The van der Waals surface area contributed by atoms with E-state index in [0.29, 0.717) is 36.5 Å². The minimum atomic E-state index is -4.21. The first-order valence-corrected chi connectivity index (χ1v) is 10.2. The highest BCUT2D eigenvalue weighted by Gasteiger charge is 2.35. The summed E-state index contributed by atoms with van der Waals surface area (Å²) in [6, 6.07) is 6.67. The van der Waals surface area contributed by atoms with Gasteiger partial charge in [-0.25, -0.2) is 4.68 Å². The average Bonchev–Trinajstić information content (AvgIpc) is 2.68. The molecule has 0 aliphatic heterocycles. The molecule has 0 aliphatic carbocycles. The summed E-state index contributed by atoms with van der Waals surface area (Å²) in [5, 5.41) is 5.06. The third-order valence-corrected chi connectivity index (χ3v) is 4.99. The predicted molar refractivity (Wildman–Crippen MR) is 105 cm³/mol. The Bertz CT molecular complexity index is 892. The molecule has 2 rings (SSSR count). The second-order valence-electron chi connectivity index (χ2n) is 7.59. The Balaban J connectivity index is 1.98. The highest BCUT2D eigenvalue weighted by molar-refractivity contribution is 5.85. The molecule has 0 spiro atoms. The van der Waals surface area contributed by atoms with Gasteiger partial charge in [0.25, 0.3) is 5.56 Å². The van der Waals surface area contributed by atoms with Crippen LogP contribution in [0.4, 0.5) is 26.3 Å². The second kappa shape index (κ2) is 10.9. The van der Waals surface area contributed by atoms with E-state index < -0.39 is 24.7 Å². The summed E-state index contributed by atoms with van der Waals surface area (Å²) in [5.41, 5.74) is -0.363. The Labute approximate surface area is 176 Å². The highest BCUT2D eigenvalue weighted by Crippen LogP contribution is 2.29. The SMILES string of the molecule is CC(CCCCOc1nn(CCCCCC(F)(F)F)c(=O)c2ccccc12)C(F)(F)F. The number of benzene rings is 1. The van der Waals surface area contributed by atoms with E-state index in [1.54, 1.807) is 24.3 Å². The lowest BCUT2D eigenvalue weighted by atomic mass is 10.0. The van der Waals surface area contributed by atoms with Crippen molar-refractivity contribution < 1.29 is 31.1 Å². The van der Waals surface area contributed by atoms with Gasteiger partial charge in [0.15, 0.2) is 0 Å². The molecule has 0 radical (unpaired) electrons. The van der Waals surface area contributed by atoms with Gasteiger partial charge in [-0.15, -0.1) is 5.10 Å². The first kappa shape index (κ1) is 25.0. The summed E-state index contributed by atoms with van der Waals surface area (Å²) in [6.07, 6.45) is -7.92. The predicted octanol–water partition coefficient (Wildman–Crippen LogP) is 6.27. The summed E-state index contributed by atoms with van der Waals surface area (Å²) in [4.78, 5) is 12.6. The number of unbranched alkanes of at least 4 members (excludes halogenated alkanes) is 3. The Morgan fingerprint density at radius 1 is 0.968 bits per heavy atom. The third kappa shape index (κ3) is 8.06. The Morgan fingerprint density at radius 2 is 1.65 bits per heavy atom. The second-order valence-corrected chi connectivity index (χ2v) is 7.59. The Hall–Kier alpha value is -2.26. The van der Waals surface area contributed by atoms with Crippen molar-refractivity contribution in [2.24, 2.45) is 5.92 Å². The van der Waals surface area contributed by atoms with Gasteiger partial charge in [-0.3, -0.25) is 4.79 Å². The van der Waals surface area contributed by atoms with E-state index in [4.69, 9.17) is 4.74 Å². The van der Waals surface area contributed by atoms with E-state index in [-0.39, 0.29) is 37.4 Å². The van der Waals surface area contributed by atoms with E-state index >= 15 is 0 Å². The van der Waals surface area contributed by atoms with Gasteiger partial charge in [0.2, 0.25) is 5.88 Å². The lowest BCUT2D eigenvalue weighted by Crippen LogP contribution is -2.24. The maximum Gasteiger partial charge on any atom is 0.391 e. The number of aromatic nitrogens is 2. The number of hydrogen-bond acceptors (Lipinski definition) is 3. The van der Waals surface area contributed by atoms with Crippen molar-refractivity contribution in [3.8, 4) is 5.88 Å². The van der Waals surface area contributed by atoms with Gasteiger partial charge < -0.3 is 4.74 Å². The van der Waals surface area contributed by atoms with Crippen LogP contribution in [0.2, 0.25) is 0 Å². The summed E-state index contributed by atoms with van der Waals surface area (Å²) in [5.74, 6) is -1.19. The molecule has 31 heavy (non-hydrogen) atoms. The molecule has 0 aliphatic rings. The van der Waals surface area contributed by atoms with Crippen LogP contribution in [-0.2, 0) is 6.54 Å². The zero-order valence-corrected chi connectivity index (χ0v) is 17.2. The van der Waals surface area contributed by atoms with E-state index in [1.165, 1.54) is 4.68 Å². The van der Waals surface area contributed by atoms with Crippen LogP contribution >= 0.6 is 0 Å². The molecule has 0 amide bonds. The van der Waals surface area contributed by atoms with E-state index in [9.17, 15) is 31.1 Å². The van der Waals surface area contributed by atoms with Gasteiger partial charge in [0.05, 0.1) is 23.3 Å². The molecular formula is C21H26F6N2O2. The standard InChI is InChI=1S/C21H26F6N2O2/c1-15(21(25,26)27)9-5-8-14-31-18-16-10-3-4-11-17(16)19(30)29(28-18)13-7-2-6-12-20(22,23)24/h3-4,10-11,15H,2,5-9,12-14H2,1H3. The lowest BCUT2D eigenvalue weighted by Gasteiger charge is -2.15. The van der Waals surface area contributed by atoms with Crippen molar-refractivity contribution in [1.29, 1.82) is 0 Å². The zero-order valence-electron chi connectivity index (χ0n) is 17.2. The monoisotopic (exact) mass is 452 g/mol. The van der Waals surface area contributed by atoms with Crippen molar-refractivity contribution in [3.05, 3.63) is 34.6 Å². The van der Waals surface area contributed by atoms with Gasteiger partial charge in [-0.2, -0.15) is 26.3 Å². The van der Waals surface area contributed by atoms with Crippen molar-refractivity contribution in [1.82, 2.24) is 9.78 Å².